The van der Waals surface area contributed by atoms with Crippen molar-refractivity contribution in [3.05, 3.63) is 30.3 Å². The molecular formula is C15H20NaO5S. The van der Waals surface area contributed by atoms with Crippen LogP contribution in [0.1, 0.15) is 45.4 Å². The van der Waals surface area contributed by atoms with Gasteiger partial charge in [0.2, 0.25) is 0 Å². The SMILES string of the molecule is CCCCCC(=O)CCC(=O)OS(=O)(=O)c1ccccc1.[Na]. The Hall–Kier alpha value is -0.690. The van der Waals surface area contributed by atoms with Crippen molar-refractivity contribution >= 4 is 51.4 Å². The van der Waals surface area contributed by atoms with E-state index in [1.54, 1.807) is 6.07 Å². The number of carbonyl (C=O) groups excluding carboxylic acids is 2. The fourth-order valence-electron chi connectivity index (χ4n) is 1.74. The summed E-state index contributed by atoms with van der Waals surface area (Å²) in [5.74, 6) is -0.944. The van der Waals surface area contributed by atoms with Gasteiger partial charge in [0.1, 0.15) is 10.7 Å². The second-order valence-electron chi connectivity index (χ2n) is 4.72. The van der Waals surface area contributed by atoms with Crippen LogP contribution < -0.4 is 0 Å². The average Bonchev–Trinajstić information content (AvgIpc) is 2.46. The quantitative estimate of drug-likeness (QED) is 0.393. The predicted octanol–water partition coefficient (Wildman–Crippen LogP) is 2.47. The van der Waals surface area contributed by atoms with E-state index in [1.165, 1.54) is 24.3 Å². The van der Waals surface area contributed by atoms with Crippen molar-refractivity contribution in [3.8, 4) is 0 Å². The number of hydrogen-bond acceptors (Lipinski definition) is 5. The van der Waals surface area contributed by atoms with E-state index in [4.69, 9.17) is 0 Å². The summed E-state index contributed by atoms with van der Waals surface area (Å²) in [5.41, 5.74) is 0. The predicted molar refractivity (Wildman–Crippen MR) is 83.9 cm³/mol. The molecule has 0 heterocycles. The molecule has 0 unspecified atom stereocenters. The van der Waals surface area contributed by atoms with Gasteiger partial charge in [-0.15, -0.1) is 0 Å². The van der Waals surface area contributed by atoms with Gasteiger partial charge in [-0.3, -0.25) is 9.59 Å². The Labute approximate surface area is 153 Å². The number of Topliss-reactive ketones (excluding diaryl/α,β-unsaturated/α-hetero) is 1. The van der Waals surface area contributed by atoms with Crippen LogP contribution in [0.15, 0.2) is 35.2 Å². The first-order valence-corrected chi connectivity index (χ1v) is 8.40. The van der Waals surface area contributed by atoms with Gasteiger partial charge < -0.3 is 4.18 Å². The summed E-state index contributed by atoms with van der Waals surface area (Å²) in [7, 11) is -4.09. The van der Waals surface area contributed by atoms with E-state index >= 15 is 0 Å². The third-order valence-electron chi connectivity index (χ3n) is 2.90. The van der Waals surface area contributed by atoms with Gasteiger partial charge in [-0.1, -0.05) is 38.0 Å². The van der Waals surface area contributed by atoms with Gasteiger partial charge >= 0.3 is 16.1 Å². The zero-order valence-corrected chi connectivity index (χ0v) is 15.9. The molecule has 7 heteroatoms. The van der Waals surface area contributed by atoms with Gasteiger partial charge in [0.25, 0.3) is 0 Å². The van der Waals surface area contributed by atoms with Crippen molar-refractivity contribution in [1.29, 1.82) is 0 Å². The molecule has 0 saturated carbocycles. The van der Waals surface area contributed by atoms with E-state index < -0.39 is 16.1 Å². The number of benzene rings is 1. The molecule has 1 rings (SSSR count). The first-order chi connectivity index (χ1) is 9.95. The average molecular weight is 335 g/mol. The molecule has 0 aliphatic rings. The van der Waals surface area contributed by atoms with E-state index in [1.807, 2.05) is 6.92 Å². The van der Waals surface area contributed by atoms with Crippen LogP contribution in [-0.4, -0.2) is 49.7 Å². The van der Waals surface area contributed by atoms with Crippen molar-refractivity contribution in [2.45, 2.75) is 50.3 Å². The van der Waals surface area contributed by atoms with Crippen molar-refractivity contribution in [3.63, 3.8) is 0 Å². The van der Waals surface area contributed by atoms with Crippen molar-refractivity contribution in [1.82, 2.24) is 0 Å². The molecule has 5 nitrogen and oxygen atoms in total. The van der Waals surface area contributed by atoms with Crippen LogP contribution in [0.5, 0.6) is 0 Å². The van der Waals surface area contributed by atoms with Gasteiger partial charge in [0.05, 0.1) is 6.42 Å². The maximum atomic E-state index is 11.8. The molecular weight excluding hydrogens is 315 g/mol. The van der Waals surface area contributed by atoms with E-state index in [2.05, 4.69) is 4.18 Å². The molecule has 0 fully saturated rings. The molecule has 0 aromatic heterocycles. The molecule has 0 N–H and O–H groups in total. The summed E-state index contributed by atoms with van der Waals surface area (Å²) in [6.07, 6.45) is 3.02. The van der Waals surface area contributed by atoms with Crippen molar-refractivity contribution in [2.75, 3.05) is 0 Å². The van der Waals surface area contributed by atoms with Gasteiger partial charge in [-0.2, -0.15) is 8.42 Å². The van der Waals surface area contributed by atoms with Gasteiger partial charge in [-0.05, 0) is 18.6 Å². The van der Waals surface area contributed by atoms with Crippen LogP contribution in [0, 0.1) is 0 Å². The summed E-state index contributed by atoms with van der Waals surface area (Å²) < 4.78 is 28.0. The summed E-state index contributed by atoms with van der Waals surface area (Å²) in [4.78, 5) is 22.9. The Morgan fingerprint density at radius 2 is 1.64 bits per heavy atom. The minimum absolute atomic E-state index is 0. The Balaban J connectivity index is 0.00000441. The summed E-state index contributed by atoms with van der Waals surface area (Å²) in [6.45, 7) is 2.04. The zero-order valence-electron chi connectivity index (χ0n) is 13.1. The molecule has 0 saturated heterocycles. The molecule has 0 spiro atoms. The van der Waals surface area contributed by atoms with E-state index in [-0.39, 0.29) is 53.1 Å². The standard InChI is InChI=1S/C15H20O5S.Na/c1-2-3-5-8-13(16)11-12-15(17)20-21(18,19)14-9-6-4-7-10-14;/h4,6-7,9-10H,2-3,5,8,11-12H2,1H3;. The number of carbonyl (C=O) groups is 2. The first-order valence-electron chi connectivity index (χ1n) is 6.99. The molecule has 1 radical (unpaired) electrons. The Kier molecular flexibility index (Phi) is 10.6. The Morgan fingerprint density at radius 3 is 2.23 bits per heavy atom. The van der Waals surface area contributed by atoms with Crippen LogP contribution in [0.3, 0.4) is 0 Å². The monoisotopic (exact) mass is 335 g/mol. The number of rotatable bonds is 9. The van der Waals surface area contributed by atoms with Crippen LogP contribution in [-0.2, 0) is 23.9 Å². The molecule has 117 valence electrons. The molecule has 0 bridgehead atoms. The van der Waals surface area contributed by atoms with E-state index in [0.717, 1.165) is 19.3 Å². The topological polar surface area (TPSA) is 77.5 Å². The molecule has 1 aromatic rings. The smallest absolute Gasteiger partial charge is 0.341 e. The van der Waals surface area contributed by atoms with E-state index in [0.29, 0.717) is 6.42 Å². The Morgan fingerprint density at radius 1 is 1.00 bits per heavy atom. The largest absolute Gasteiger partial charge is 0.342 e. The maximum Gasteiger partial charge on any atom is 0.341 e. The summed E-state index contributed by atoms with van der Waals surface area (Å²) in [5, 5.41) is 0. The molecule has 1 aromatic carbocycles. The fourth-order valence-corrected chi connectivity index (χ4v) is 2.65. The number of unbranched alkanes of at least 4 members (excludes halogenated alkanes) is 2. The molecule has 0 aliphatic carbocycles. The minimum Gasteiger partial charge on any atom is -0.342 e. The second-order valence-corrected chi connectivity index (χ2v) is 6.26. The first kappa shape index (κ1) is 21.3. The van der Waals surface area contributed by atoms with Crippen LogP contribution >= 0.6 is 0 Å². The Bertz CT molecular complexity index is 569. The van der Waals surface area contributed by atoms with Crippen LogP contribution in [0.4, 0.5) is 0 Å². The minimum atomic E-state index is -4.09. The van der Waals surface area contributed by atoms with Gasteiger partial charge in [0, 0.05) is 42.4 Å². The van der Waals surface area contributed by atoms with E-state index in [9.17, 15) is 18.0 Å². The van der Waals surface area contributed by atoms with Crippen molar-refractivity contribution < 1.29 is 22.2 Å². The molecule has 0 atom stereocenters. The van der Waals surface area contributed by atoms with Crippen LogP contribution in [0.25, 0.3) is 0 Å². The zero-order chi connectivity index (χ0) is 15.7. The third-order valence-corrected chi connectivity index (χ3v) is 4.16. The number of hydrogen-bond donors (Lipinski definition) is 0. The fraction of sp³-hybridized carbons (Fsp3) is 0.467. The second kappa shape index (κ2) is 10.9. The maximum absolute atomic E-state index is 11.8. The van der Waals surface area contributed by atoms with Gasteiger partial charge in [0.15, 0.2) is 0 Å². The third kappa shape index (κ3) is 8.08. The molecule has 22 heavy (non-hydrogen) atoms. The molecule has 0 aliphatic heterocycles. The normalized spacial score (nSPS) is 10.6. The summed E-state index contributed by atoms with van der Waals surface area (Å²) in [6, 6.07) is 7.43. The number of ketones is 1. The summed E-state index contributed by atoms with van der Waals surface area (Å²) >= 11 is 0. The molecule has 0 amide bonds. The van der Waals surface area contributed by atoms with Gasteiger partial charge in [-0.25, -0.2) is 0 Å². The van der Waals surface area contributed by atoms with Crippen molar-refractivity contribution in [2.24, 2.45) is 0 Å². The van der Waals surface area contributed by atoms with Crippen LogP contribution in [0.2, 0.25) is 0 Å².